The van der Waals surface area contributed by atoms with E-state index in [9.17, 15) is 14.7 Å². The molecule has 0 radical (unpaired) electrons. The second-order valence-corrected chi connectivity index (χ2v) is 8.89. The van der Waals surface area contributed by atoms with E-state index >= 15 is 0 Å². The van der Waals surface area contributed by atoms with Crippen molar-refractivity contribution >= 4 is 24.7 Å². The van der Waals surface area contributed by atoms with Crippen LogP contribution in [-0.4, -0.2) is 55.8 Å². The molecule has 0 aromatic heterocycles. The van der Waals surface area contributed by atoms with E-state index in [0.29, 0.717) is 13.2 Å². The molecule has 0 aliphatic carbocycles. The van der Waals surface area contributed by atoms with Crippen LogP contribution >= 0.6 is 12.4 Å². The summed E-state index contributed by atoms with van der Waals surface area (Å²) in [5.74, 6) is 0. The molecule has 1 aliphatic rings. The first-order valence-electron chi connectivity index (χ1n) is 11.5. The highest BCUT2D eigenvalue weighted by Gasteiger charge is 2.31. The van der Waals surface area contributed by atoms with Gasteiger partial charge in [0, 0.05) is 18.2 Å². The third kappa shape index (κ3) is 20.4. The minimum atomic E-state index is -1.04. The predicted octanol–water partition coefficient (Wildman–Crippen LogP) is 4.65. The first-order valence-corrected chi connectivity index (χ1v) is 10.5. The van der Waals surface area contributed by atoms with Crippen LogP contribution < -0.4 is 11.1 Å². The van der Waals surface area contributed by atoms with Gasteiger partial charge in [0.05, 0.1) is 7.98 Å². The van der Waals surface area contributed by atoms with Crippen LogP contribution in [0.1, 0.15) is 83.8 Å². The fourth-order valence-electron chi connectivity index (χ4n) is 2.58. The second-order valence-electron chi connectivity index (χ2n) is 8.89. The lowest BCUT2D eigenvalue weighted by Crippen LogP contribution is -2.36. The van der Waals surface area contributed by atoms with Gasteiger partial charge in [-0.3, -0.25) is 0 Å². The maximum absolute atomic E-state index is 11.3. The molecular weight excluding hydrogens is 424 g/mol. The molecule has 8 nitrogen and oxygen atoms in total. The molecule has 31 heavy (non-hydrogen) atoms. The Kier molecular flexibility index (Phi) is 17.6. The van der Waals surface area contributed by atoms with Crippen molar-refractivity contribution in [2.24, 2.45) is 16.6 Å². The molecule has 1 unspecified atom stereocenters. The lowest BCUT2D eigenvalue weighted by molar-refractivity contribution is -0.0554. The number of nitrogens with one attached hydrogen (secondary N) is 1. The van der Waals surface area contributed by atoms with Crippen LogP contribution in [-0.2, 0) is 14.2 Å². The van der Waals surface area contributed by atoms with E-state index in [1.165, 1.54) is 0 Å². The van der Waals surface area contributed by atoms with Crippen LogP contribution in [0.3, 0.4) is 0 Å². The summed E-state index contributed by atoms with van der Waals surface area (Å²) < 4.78 is 28.7. The van der Waals surface area contributed by atoms with E-state index in [1.807, 2.05) is 13.8 Å². The number of aliphatic hydroxyl groups is 1. The highest BCUT2D eigenvalue weighted by molar-refractivity contribution is 5.85. The molecule has 1 saturated heterocycles. The van der Waals surface area contributed by atoms with Crippen LogP contribution in [0.4, 0.5) is 9.59 Å². The standard InChI is InChI=1S/C11H23NO3.C8H14O3.C3H9N.ClH/c1-5-6-11(4,7-13)8-15-10(14)12-9(2)3;1-3-4-8(2)5-10-7(9)11-6-8;1-3(2)4;/h9,13H,5-8H2,1-4H3,(H,12,14);3-6H2,1-2H3;3H,4H2,1-2H3;1H/i9D;;3D;. The van der Waals surface area contributed by atoms with Crippen molar-refractivity contribution in [3.05, 3.63) is 0 Å². The van der Waals surface area contributed by atoms with E-state index in [-0.39, 0.29) is 31.0 Å². The molecular formula is C22H47ClN2O6. The van der Waals surface area contributed by atoms with Crippen LogP contribution in [0, 0.1) is 10.8 Å². The molecule has 0 bridgehead atoms. The largest absolute Gasteiger partial charge is 0.508 e. The summed E-state index contributed by atoms with van der Waals surface area (Å²) in [6.45, 7) is 15.6. The molecule has 0 aromatic carbocycles. The van der Waals surface area contributed by atoms with E-state index in [0.717, 1.165) is 25.7 Å². The summed E-state index contributed by atoms with van der Waals surface area (Å²) in [4.78, 5) is 21.8. The summed E-state index contributed by atoms with van der Waals surface area (Å²) >= 11 is 0. The Morgan fingerprint density at radius 2 is 1.77 bits per heavy atom. The number of carbonyl (C=O) groups is 2. The molecule has 1 amide bonds. The van der Waals surface area contributed by atoms with Crippen molar-refractivity contribution in [3.8, 4) is 0 Å². The van der Waals surface area contributed by atoms with Crippen molar-refractivity contribution in [2.45, 2.75) is 93.1 Å². The third-order valence-electron chi connectivity index (χ3n) is 4.07. The van der Waals surface area contributed by atoms with Crippen molar-refractivity contribution in [1.29, 1.82) is 0 Å². The van der Waals surface area contributed by atoms with Crippen molar-refractivity contribution in [1.82, 2.24) is 5.32 Å². The van der Waals surface area contributed by atoms with Crippen molar-refractivity contribution < 1.29 is 31.6 Å². The Balaban J connectivity index is -0.000000458. The lowest BCUT2D eigenvalue weighted by Gasteiger charge is -2.31. The lowest BCUT2D eigenvalue weighted by atomic mass is 9.87. The summed E-state index contributed by atoms with van der Waals surface area (Å²) in [5.41, 5.74) is 4.67. The molecule has 9 heteroatoms. The Bertz CT molecular complexity index is 540. The van der Waals surface area contributed by atoms with Crippen molar-refractivity contribution in [2.75, 3.05) is 26.4 Å². The number of aliphatic hydroxyl groups excluding tert-OH is 1. The fourth-order valence-corrected chi connectivity index (χ4v) is 2.58. The Morgan fingerprint density at radius 1 is 1.29 bits per heavy atom. The predicted molar refractivity (Wildman–Crippen MR) is 127 cm³/mol. The van der Waals surface area contributed by atoms with Gasteiger partial charge in [0.1, 0.15) is 19.8 Å². The maximum Gasteiger partial charge on any atom is 0.508 e. The molecule has 0 saturated carbocycles. The normalized spacial score (nSPS) is 17.8. The highest BCUT2D eigenvalue weighted by Crippen LogP contribution is 2.27. The van der Waals surface area contributed by atoms with Crippen LogP contribution in [0.5, 0.6) is 0 Å². The molecule has 0 spiro atoms. The number of hydrogen-bond acceptors (Lipinski definition) is 7. The van der Waals surface area contributed by atoms with Gasteiger partial charge in [-0.15, -0.1) is 12.4 Å². The SMILES string of the molecule is CCCC1(C)COC(=O)OC1.Cl.[2H]C(C)(C)N.[2H]C(C)(C)NC(=O)OCC(C)(CO)CCC. The zero-order chi connectivity index (χ0) is 25.6. The monoisotopic (exact) mass is 472 g/mol. The van der Waals surface area contributed by atoms with Gasteiger partial charge >= 0.3 is 12.2 Å². The Labute approximate surface area is 198 Å². The number of alkyl carbamates (subject to hydrolysis) is 1. The number of halogens is 1. The number of nitrogens with two attached hydrogens (primary N) is 1. The van der Waals surface area contributed by atoms with E-state index in [4.69, 9.17) is 22.7 Å². The number of hydrogen-bond donors (Lipinski definition) is 3. The zero-order valence-corrected chi connectivity index (χ0v) is 21.4. The van der Waals surface area contributed by atoms with Crippen LogP contribution in [0.15, 0.2) is 0 Å². The first kappa shape index (κ1) is 29.8. The second kappa shape index (κ2) is 18.3. The summed E-state index contributed by atoms with van der Waals surface area (Å²) in [6.07, 6.45) is 2.71. The Morgan fingerprint density at radius 3 is 2.13 bits per heavy atom. The minimum Gasteiger partial charge on any atom is -0.449 e. The van der Waals surface area contributed by atoms with Gasteiger partial charge in [-0.05, 0) is 32.7 Å². The minimum absolute atomic E-state index is 0. The van der Waals surface area contributed by atoms with E-state index in [2.05, 4.69) is 19.2 Å². The molecule has 0 aromatic rings. The van der Waals surface area contributed by atoms with E-state index in [1.54, 1.807) is 27.7 Å². The number of amides is 1. The molecule has 1 atom stereocenters. The van der Waals surface area contributed by atoms with Gasteiger partial charge < -0.3 is 30.4 Å². The molecule has 1 heterocycles. The molecule has 4 N–H and O–H groups in total. The first-order chi connectivity index (χ1) is 14.4. The van der Waals surface area contributed by atoms with Gasteiger partial charge in [-0.25, -0.2) is 9.59 Å². The number of ether oxygens (including phenoxy) is 3. The summed E-state index contributed by atoms with van der Waals surface area (Å²) in [6, 6.07) is -1.79. The van der Waals surface area contributed by atoms with Crippen LogP contribution in [0.25, 0.3) is 0 Å². The number of rotatable bonds is 8. The fraction of sp³-hybridized carbons (Fsp3) is 0.909. The maximum atomic E-state index is 11.3. The van der Waals surface area contributed by atoms with Crippen molar-refractivity contribution in [3.63, 3.8) is 0 Å². The molecule has 1 rings (SSSR count). The molecule has 1 fully saturated rings. The average molecular weight is 473 g/mol. The Hall–Kier alpha value is -1.25. The number of carbonyl (C=O) groups excluding carboxylic acids is 2. The van der Waals surface area contributed by atoms with Gasteiger partial charge in [-0.1, -0.05) is 54.4 Å². The number of cyclic esters (lactones) is 2. The summed E-state index contributed by atoms with van der Waals surface area (Å²) in [5, 5.41) is 11.6. The topological polar surface area (TPSA) is 120 Å². The molecule has 188 valence electrons. The van der Waals surface area contributed by atoms with E-state index < -0.39 is 29.7 Å². The molecule has 1 aliphatic heterocycles. The smallest absolute Gasteiger partial charge is 0.449 e. The van der Waals surface area contributed by atoms with Crippen LogP contribution in [0.2, 0.25) is 0 Å². The van der Waals surface area contributed by atoms with Gasteiger partial charge in [0.2, 0.25) is 0 Å². The highest BCUT2D eigenvalue weighted by atomic mass is 35.5. The quantitative estimate of drug-likeness (QED) is 0.439. The summed E-state index contributed by atoms with van der Waals surface area (Å²) in [7, 11) is 0. The third-order valence-corrected chi connectivity index (χ3v) is 4.07. The van der Waals surface area contributed by atoms with Gasteiger partial charge in [0.25, 0.3) is 0 Å². The zero-order valence-electron chi connectivity index (χ0n) is 22.6. The average Bonchev–Trinajstić information content (AvgIpc) is 2.61. The van der Waals surface area contributed by atoms with Gasteiger partial charge in [0.15, 0.2) is 0 Å². The van der Waals surface area contributed by atoms with Gasteiger partial charge in [-0.2, -0.15) is 0 Å².